The molecule has 88 valence electrons. The van der Waals surface area contributed by atoms with Crippen molar-refractivity contribution in [3.05, 3.63) is 0 Å². The number of rotatable bonds is 7. The van der Waals surface area contributed by atoms with E-state index in [4.69, 9.17) is 15.9 Å². The second-order valence-corrected chi connectivity index (χ2v) is 3.96. The van der Waals surface area contributed by atoms with Gasteiger partial charge in [0.05, 0.1) is 12.6 Å². The number of nitrogens with one attached hydrogen (secondary N) is 1. The van der Waals surface area contributed by atoms with Crippen LogP contribution in [0, 0.1) is 0 Å². The van der Waals surface area contributed by atoms with Gasteiger partial charge in [-0.2, -0.15) is 11.8 Å². The first-order chi connectivity index (χ1) is 7.02. The Morgan fingerprint density at radius 1 is 1.53 bits per heavy atom. The van der Waals surface area contributed by atoms with E-state index in [1.807, 2.05) is 6.26 Å². The molecule has 0 aliphatic carbocycles. The molecule has 15 heavy (non-hydrogen) atoms. The van der Waals surface area contributed by atoms with Gasteiger partial charge in [0.1, 0.15) is 6.04 Å². The molecule has 0 heterocycles. The van der Waals surface area contributed by atoms with Gasteiger partial charge < -0.3 is 21.3 Å². The van der Waals surface area contributed by atoms with Crippen LogP contribution in [0.5, 0.6) is 0 Å². The van der Waals surface area contributed by atoms with Crippen LogP contribution in [0.2, 0.25) is 0 Å². The molecule has 7 heteroatoms. The summed E-state index contributed by atoms with van der Waals surface area (Å²) in [5.41, 5.74) is 5.51. The predicted molar refractivity (Wildman–Crippen MR) is 57.6 cm³/mol. The van der Waals surface area contributed by atoms with Crippen molar-refractivity contribution in [1.29, 1.82) is 0 Å². The first-order valence-electron chi connectivity index (χ1n) is 4.41. The van der Waals surface area contributed by atoms with Gasteiger partial charge in [-0.05, 0) is 18.4 Å². The molecule has 0 saturated carbocycles. The van der Waals surface area contributed by atoms with Gasteiger partial charge in [-0.3, -0.25) is 4.79 Å². The van der Waals surface area contributed by atoms with E-state index < -0.39 is 30.6 Å². The lowest BCUT2D eigenvalue weighted by Gasteiger charge is -2.15. The molecule has 0 fully saturated rings. The van der Waals surface area contributed by atoms with Gasteiger partial charge in [-0.15, -0.1) is 0 Å². The minimum atomic E-state index is -1.28. The Morgan fingerprint density at radius 3 is 2.53 bits per heavy atom. The highest BCUT2D eigenvalue weighted by atomic mass is 32.2. The van der Waals surface area contributed by atoms with Gasteiger partial charge in [-0.1, -0.05) is 0 Å². The second kappa shape index (κ2) is 7.49. The lowest BCUT2D eigenvalue weighted by Crippen LogP contribution is -2.50. The molecule has 0 aromatic carbocycles. The molecule has 0 aliphatic rings. The van der Waals surface area contributed by atoms with E-state index in [0.717, 1.165) is 5.75 Å². The van der Waals surface area contributed by atoms with Crippen LogP contribution in [0.3, 0.4) is 0 Å². The van der Waals surface area contributed by atoms with Gasteiger partial charge in [0.15, 0.2) is 0 Å². The van der Waals surface area contributed by atoms with Crippen molar-refractivity contribution in [2.45, 2.75) is 18.5 Å². The Bertz CT molecular complexity index is 225. The minimum Gasteiger partial charge on any atom is -0.480 e. The second-order valence-electron chi connectivity index (χ2n) is 2.97. The van der Waals surface area contributed by atoms with Crippen LogP contribution in [-0.4, -0.2) is 52.8 Å². The average molecular weight is 236 g/mol. The molecule has 2 unspecified atom stereocenters. The molecule has 2 atom stereocenters. The van der Waals surface area contributed by atoms with Gasteiger partial charge in [-0.25, -0.2) is 4.79 Å². The van der Waals surface area contributed by atoms with E-state index in [1.165, 1.54) is 0 Å². The summed E-state index contributed by atoms with van der Waals surface area (Å²) in [5, 5.41) is 19.4. The Balaban J connectivity index is 4.04. The maximum Gasteiger partial charge on any atom is 0.328 e. The summed E-state index contributed by atoms with van der Waals surface area (Å²) in [7, 11) is 0. The molecule has 5 N–H and O–H groups in total. The van der Waals surface area contributed by atoms with E-state index >= 15 is 0 Å². The van der Waals surface area contributed by atoms with Crippen molar-refractivity contribution < 1.29 is 19.8 Å². The Hall–Kier alpha value is -0.790. The number of hydrogen-bond acceptors (Lipinski definition) is 5. The summed E-state index contributed by atoms with van der Waals surface area (Å²) in [6, 6.07) is -2.01. The number of nitrogens with two attached hydrogens (primary N) is 1. The number of aliphatic hydroxyl groups is 1. The highest BCUT2D eigenvalue weighted by Crippen LogP contribution is 1.99. The zero-order valence-corrected chi connectivity index (χ0v) is 9.29. The van der Waals surface area contributed by atoms with Gasteiger partial charge in [0.25, 0.3) is 0 Å². The van der Waals surface area contributed by atoms with Crippen LogP contribution >= 0.6 is 11.8 Å². The lowest BCUT2D eigenvalue weighted by molar-refractivity contribution is -0.143. The maximum absolute atomic E-state index is 11.3. The quantitative estimate of drug-likeness (QED) is 0.434. The molecule has 0 radical (unpaired) electrons. The van der Waals surface area contributed by atoms with Crippen molar-refractivity contribution in [2.75, 3.05) is 18.6 Å². The first kappa shape index (κ1) is 14.2. The number of aliphatic carboxylic acids is 1. The van der Waals surface area contributed by atoms with Crippen molar-refractivity contribution in [3.63, 3.8) is 0 Å². The van der Waals surface area contributed by atoms with Crippen molar-refractivity contribution in [2.24, 2.45) is 5.73 Å². The van der Waals surface area contributed by atoms with Crippen LogP contribution in [0.25, 0.3) is 0 Å². The third kappa shape index (κ3) is 5.60. The standard InChI is InChI=1S/C8H16N2O4S/c1-15-3-2-5(9)7(12)10-6(4-11)8(13)14/h5-6,11H,2-4,9H2,1H3,(H,10,12)(H,13,14). The smallest absolute Gasteiger partial charge is 0.328 e. The monoisotopic (exact) mass is 236 g/mol. The highest BCUT2D eigenvalue weighted by Gasteiger charge is 2.21. The molecular weight excluding hydrogens is 220 g/mol. The van der Waals surface area contributed by atoms with E-state index in [0.29, 0.717) is 6.42 Å². The lowest BCUT2D eigenvalue weighted by atomic mass is 10.2. The van der Waals surface area contributed by atoms with Crippen LogP contribution in [0.15, 0.2) is 0 Å². The third-order valence-corrected chi connectivity index (χ3v) is 2.41. The number of thioether (sulfide) groups is 1. The zero-order chi connectivity index (χ0) is 11.8. The summed E-state index contributed by atoms with van der Waals surface area (Å²) in [6.07, 6.45) is 2.36. The molecule has 6 nitrogen and oxygen atoms in total. The summed E-state index contributed by atoms with van der Waals surface area (Å²) in [6.45, 7) is -0.643. The van der Waals surface area contributed by atoms with Crippen LogP contribution in [0.1, 0.15) is 6.42 Å². The fourth-order valence-electron chi connectivity index (χ4n) is 0.840. The van der Waals surface area contributed by atoms with Gasteiger partial charge in [0, 0.05) is 0 Å². The van der Waals surface area contributed by atoms with Crippen molar-refractivity contribution in [3.8, 4) is 0 Å². The molecule has 0 aliphatic heterocycles. The van der Waals surface area contributed by atoms with E-state index in [2.05, 4.69) is 5.32 Å². The summed E-state index contributed by atoms with van der Waals surface area (Å²) in [4.78, 5) is 21.8. The predicted octanol–water partition coefficient (Wildman–Crippen LogP) is -1.37. The topological polar surface area (TPSA) is 113 Å². The van der Waals surface area contributed by atoms with Crippen molar-refractivity contribution in [1.82, 2.24) is 5.32 Å². The van der Waals surface area contributed by atoms with Gasteiger partial charge >= 0.3 is 5.97 Å². The number of carboxylic acids is 1. The average Bonchev–Trinajstić information content (AvgIpc) is 2.21. The Morgan fingerprint density at radius 2 is 2.13 bits per heavy atom. The maximum atomic E-state index is 11.3. The fourth-order valence-corrected chi connectivity index (χ4v) is 1.33. The molecule has 0 bridgehead atoms. The van der Waals surface area contributed by atoms with E-state index in [-0.39, 0.29) is 0 Å². The van der Waals surface area contributed by atoms with Crippen molar-refractivity contribution >= 4 is 23.6 Å². The third-order valence-electron chi connectivity index (χ3n) is 1.77. The Kier molecular flexibility index (Phi) is 7.10. The molecule has 0 aromatic rings. The molecule has 0 rings (SSSR count). The number of carbonyl (C=O) groups excluding carboxylic acids is 1. The number of carboxylic acid groups (broad SMARTS) is 1. The van der Waals surface area contributed by atoms with E-state index in [1.54, 1.807) is 11.8 Å². The number of carbonyl (C=O) groups is 2. The number of hydrogen-bond donors (Lipinski definition) is 4. The summed E-state index contributed by atoms with van der Waals surface area (Å²) >= 11 is 1.55. The van der Waals surface area contributed by atoms with Gasteiger partial charge in [0.2, 0.25) is 5.91 Å². The Labute approximate surface area is 92.2 Å². The van der Waals surface area contributed by atoms with Crippen LogP contribution < -0.4 is 11.1 Å². The SMILES string of the molecule is CSCCC(N)C(=O)NC(CO)C(=O)O. The van der Waals surface area contributed by atoms with Crippen LogP contribution in [-0.2, 0) is 9.59 Å². The van der Waals surface area contributed by atoms with Crippen LogP contribution in [0.4, 0.5) is 0 Å². The fraction of sp³-hybridized carbons (Fsp3) is 0.750. The number of aliphatic hydroxyl groups excluding tert-OH is 1. The largest absolute Gasteiger partial charge is 0.480 e. The molecule has 0 aromatic heterocycles. The molecule has 0 spiro atoms. The highest BCUT2D eigenvalue weighted by molar-refractivity contribution is 7.98. The minimum absolute atomic E-state index is 0.477. The molecule has 0 saturated heterocycles. The number of amides is 1. The summed E-state index contributed by atoms with van der Waals surface area (Å²) < 4.78 is 0. The normalized spacial score (nSPS) is 14.3. The van der Waals surface area contributed by atoms with E-state index in [9.17, 15) is 9.59 Å². The summed E-state index contributed by atoms with van der Waals surface area (Å²) in [5.74, 6) is -1.10. The zero-order valence-electron chi connectivity index (χ0n) is 8.47. The first-order valence-corrected chi connectivity index (χ1v) is 5.80. The molecular formula is C8H16N2O4S. The molecule has 1 amide bonds.